The molecule has 2 amide bonds. The SMILES string of the molecule is Cc1nc2c(F)cc(-c3nc(Nc4ccc5c(n4)CCN(C(=O)[C@@H](C)NC(=O)OC(C)(C)C)C5)ncc3F)cc2n1C(C)C. The van der Waals surface area contributed by atoms with Crippen LogP contribution in [0.25, 0.3) is 22.3 Å². The van der Waals surface area contributed by atoms with Crippen LogP contribution < -0.4 is 10.6 Å². The molecular formula is C31H36F2N8O3. The zero-order chi connectivity index (χ0) is 31.9. The lowest BCUT2D eigenvalue weighted by molar-refractivity contribution is -0.134. The smallest absolute Gasteiger partial charge is 0.408 e. The van der Waals surface area contributed by atoms with E-state index in [1.54, 1.807) is 51.7 Å². The van der Waals surface area contributed by atoms with Crippen LogP contribution in [0.5, 0.6) is 0 Å². The fourth-order valence-electron chi connectivity index (χ4n) is 5.30. The summed E-state index contributed by atoms with van der Waals surface area (Å²) in [6, 6.07) is 5.75. The van der Waals surface area contributed by atoms with Gasteiger partial charge in [-0.05, 0) is 72.2 Å². The molecule has 232 valence electrons. The molecule has 4 aromatic rings. The zero-order valence-electron chi connectivity index (χ0n) is 25.8. The third kappa shape index (κ3) is 6.46. The lowest BCUT2D eigenvalue weighted by Gasteiger charge is -2.31. The van der Waals surface area contributed by atoms with Crippen LogP contribution in [0.3, 0.4) is 0 Å². The van der Waals surface area contributed by atoms with Crippen LogP contribution in [0, 0.1) is 18.6 Å². The van der Waals surface area contributed by atoms with E-state index < -0.39 is 29.4 Å². The van der Waals surface area contributed by atoms with Gasteiger partial charge in [-0.1, -0.05) is 6.07 Å². The van der Waals surface area contributed by atoms with Crippen LogP contribution in [0.4, 0.5) is 25.3 Å². The Balaban J connectivity index is 1.31. The summed E-state index contributed by atoms with van der Waals surface area (Å²) in [7, 11) is 0. The number of nitrogens with one attached hydrogen (secondary N) is 2. The zero-order valence-corrected chi connectivity index (χ0v) is 25.8. The van der Waals surface area contributed by atoms with Crippen molar-refractivity contribution >= 4 is 34.8 Å². The number of halogens is 2. The van der Waals surface area contributed by atoms with E-state index in [4.69, 9.17) is 4.74 Å². The van der Waals surface area contributed by atoms with Crippen molar-refractivity contribution in [2.24, 2.45) is 0 Å². The third-order valence-corrected chi connectivity index (χ3v) is 7.16. The Morgan fingerprint density at radius 3 is 2.50 bits per heavy atom. The number of anilines is 2. The number of pyridine rings is 1. The van der Waals surface area contributed by atoms with Crippen LogP contribution in [-0.2, 0) is 22.5 Å². The fraction of sp³-hybridized carbons (Fsp3) is 0.419. The molecule has 0 bridgehead atoms. The van der Waals surface area contributed by atoms with Gasteiger partial charge < -0.3 is 24.8 Å². The van der Waals surface area contributed by atoms with E-state index in [1.165, 1.54) is 6.07 Å². The molecule has 0 aliphatic carbocycles. The summed E-state index contributed by atoms with van der Waals surface area (Å²) in [5.41, 5.74) is 1.97. The first kappa shape index (κ1) is 30.8. The van der Waals surface area contributed by atoms with Crippen molar-refractivity contribution in [2.75, 3.05) is 11.9 Å². The Bertz CT molecular complexity index is 1750. The van der Waals surface area contributed by atoms with Gasteiger partial charge in [0.2, 0.25) is 11.9 Å². The molecular weight excluding hydrogens is 570 g/mol. The first-order valence-electron chi connectivity index (χ1n) is 14.4. The van der Waals surface area contributed by atoms with Gasteiger partial charge >= 0.3 is 6.09 Å². The van der Waals surface area contributed by atoms with Crippen LogP contribution in [0.1, 0.15) is 64.7 Å². The number of alkyl carbamates (subject to hydrolysis) is 1. The minimum absolute atomic E-state index is 0.0275. The highest BCUT2D eigenvalue weighted by atomic mass is 19.1. The quantitative estimate of drug-likeness (QED) is 0.291. The second-order valence-corrected chi connectivity index (χ2v) is 12.1. The largest absolute Gasteiger partial charge is 0.444 e. The molecule has 2 N–H and O–H groups in total. The van der Waals surface area contributed by atoms with Crippen molar-refractivity contribution < 1.29 is 23.1 Å². The highest BCUT2D eigenvalue weighted by Crippen LogP contribution is 2.30. The van der Waals surface area contributed by atoms with Crippen molar-refractivity contribution in [3.8, 4) is 11.3 Å². The fourth-order valence-corrected chi connectivity index (χ4v) is 5.30. The van der Waals surface area contributed by atoms with Gasteiger partial charge in [0.05, 0.1) is 11.7 Å². The van der Waals surface area contributed by atoms with Crippen molar-refractivity contribution in [2.45, 2.75) is 79.1 Å². The number of aromatic nitrogens is 5. The number of hydrogen-bond acceptors (Lipinski definition) is 8. The summed E-state index contributed by atoms with van der Waals surface area (Å²) in [6.07, 6.45) is 0.877. The number of benzene rings is 1. The van der Waals surface area contributed by atoms with E-state index in [2.05, 4.69) is 30.6 Å². The van der Waals surface area contributed by atoms with Crippen molar-refractivity contribution in [3.63, 3.8) is 0 Å². The van der Waals surface area contributed by atoms with Gasteiger partial charge in [-0.2, -0.15) is 0 Å². The van der Waals surface area contributed by atoms with Gasteiger partial charge in [0.15, 0.2) is 11.6 Å². The monoisotopic (exact) mass is 606 g/mol. The Morgan fingerprint density at radius 1 is 1.05 bits per heavy atom. The molecule has 0 fully saturated rings. The van der Waals surface area contributed by atoms with Gasteiger partial charge in [0.25, 0.3) is 0 Å². The first-order valence-corrected chi connectivity index (χ1v) is 14.4. The summed E-state index contributed by atoms with van der Waals surface area (Å²) in [6.45, 7) is 13.4. The molecule has 3 aromatic heterocycles. The number of aryl methyl sites for hydroxylation is 1. The predicted molar refractivity (Wildman–Crippen MR) is 161 cm³/mol. The second-order valence-electron chi connectivity index (χ2n) is 12.1. The Labute approximate surface area is 254 Å². The molecule has 11 nitrogen and oxygen atoms in total. The molecule has 1 aromatic carbocycles. The summed E-state index contributed by atoms with van der Waals surface area (Å²) >= 11 is 0. The van der Waals surface area contributed by atoms with Crippen LogP contribution >= 0.6 is 0 Å². The number of amides is 2. The summed E-state index contributed by atoms with van der Waals surface area (Å²) in [5.74, 6) is -0.285. The number of fused-ring (bicyclic) bond motifs is 2. The molecule has 1 atom stereocenters. The number of imidazole rings is 1. The minimum Gasteiger partial charge on any atom is -0.444 e. The number of ether oxygens (including phenoxy) is 1. The van der Waals surface area contributed by atoms with Crippen molar-refractivity contribution in [3.05, 3.63) is 59.2 Å². The normalized spacial score (nSPS) is 14.0. The van der Waals surface area contributed by atoms with Crippen molar-refractivity contribution in [1.82, 2.24) is 34.7 Å². The highest BCUT2D eigenvalue weighted by molar-refractivity contribution is 5.85. The Morgan fingerprint density at radius 2 is 1.80 bits per heavy atom. The molecule has 5 rings (SSSR count). The number of hydrogen-bond donors (Lipinski definition) is 2. The van der Waals surface area contributed by atoms with Crippen molar-refractivity contribution in [1.29, 1.82) is 0 Å². The van der Waals surface area contributed by atoms with E-state index in [0.717, 1.165) is 17.5 Å². The molecule has 0 saturated carbocycles. The van der Waals surface area contributed by atoms with E-state index in [9.17, 15) is 14.0 Å². The van der Waals surface area contributed by atoms with E-state index >= 15 is 4.39 Å². The molecule has 4 heterocycles. The molecule has 0 saturated heterocycles. The molecule has 1 aliphatic rings. The summed E-state index contributed by atoms with van der Waals surface area (Å²) < 4.78 is 37.1. The minimum atomic E-state index is -0.755. The standard InChI is InChI=1S/C31H36F2N8O3/c1-16(2)41-18(4)36-27-21(32)12-20(13-24(27)41)26-22(33)14-34-29(39-26)38-25-9-8-19-15-40(11-10-23(19)37-25)28(42)17(3)35-30(43)44-31(5,6)7/h8-9,12-14,16-17H,10-11,15H2,1-7H3,(H,35,43)(H,34,37,38,39)/t17-/m1/s1. The van der Waals surface area contributed by atoms with Crippen LogP contribution in [0.15, 0.2) is 30.5 Å². The van der Waals surface area contributed by atoms with Gasteiger partial charge in [0, 0.05) is 36.8 Å². The summed E-state index contributed by atoms with van der Waals surface area (Å²) in [4.78, 5) is 44.2. The van der Waals surface area contributed by atoms with Gasteiger partial charge in [-0.25, -0.2) is 33.5 Å². The highest BCUT2D eigenvalue weighted by Gasteiger charge is 2.28. The number of carbonyl (C=O) groups excluding carboxylic acids is 2. The average molecular weight is 607 g/mol. The van der Waals surface area contributed by atoms with Gasteiger partial charge in [-0.15, -0.1) is 0 Å². The lowest BCUT2D eigenvalue weighted by Crippen LogP contribution is -2.49. The third-order valence-electron chi connectivity index (χ3n) is 7.16. The van der Waals surface area contributed by atoms with Crippen LogP contribution in [-0.4, -0.2) is 59.6 Å². The molecule has 0 radical (unpaired) electrons. The second kappa shape index (κ2) is 11.8. The Kier molecular flexibility index (Phi) is 8.23. The maximum absolute atomic E-state index is 15.0. The Hall–Kier alpha value is -4.68. The topological polar surface area (TPSA) is 127 Å². The van der Waals surface area contributed by atoms with Gasteiger partial charge in [-0.3, -0.25) is 4.79 Å². The average Bonchev–Trinajstić information content (AvgIpc) is 3.28. The molecule has 13 heteroatoms. The maximum Gasteiger partial charge on any atom is 0.408 e. The molecule has 0 unspecified atom stereocenters. The van der Waals surface area contributed by atoms with E-state index in [1.807, 2.05) is 24.5 Å². The number of rotatable bonds is 6. The van der Waals surface area contributed by atoms with E-state index in [-0.39, 0.29) is 34.7 Å². The maximum atomic E-state index is 15.0. The molecule has 0 spiro atoms. The summed E-state index contributed by atoms with van der Waals surface area (Å²) in [5, 5.41) is 5.61. The number of nitrogens with zero attached hydrogens (tertiary/aromatic N) is 6. The molecule has 44 heavy (non-hydrogen) atoms. The van der Waals surface area contributed by atoms with Gasteiger partial charge in [0.1, 0.15) is 34.5 Å². The number of carbonyl (C=O) groups is 2. The van der Waals surface area contributed by atoms with Crippen LogP contribution in [0.2, 0.25) is 0 Å². The van der Waals surface area contributed by atoms with E-state index in [0.29, 0.717) is 36.7 Å². The lowest BCUT2D eigenvalue weighted by atomic mass is 10.0. The predicted octanol–water partition coefficient (Wildman–Crippen LogP) is 5.60. The molecule has 1 aliphatic heterocycles. The first-order chi connectivity index (χ1) is 20.7.